The highest BCUT2D eigenvalue weighted by Crippen LogP contribution is 2.58. The van der Waals surface area contributed by atoms with E-state index in [0.717, 1.165) is 5.92 Å². The van der Waals surface area contributed by atoms with E-state index in [1.165, 1.54) is 19.3 Å². The van der Waals surface area contributed by atoms with Gasteiger partial charge in [-0.15, -0.1) is 0 Å². The van der Waals surface area contributed by atoms with E-state index < -0.39 is 8.24 Å². The molecule has 108 valence electrons. The molecule has 0 saturated heterocycles. The average molecular weight is 278 g/mol. The molecule has 0 spiro atoms. The van der Waals surface area contributed by atoms with Crippen LogP contribution in [0.5, 0.6) is 0 Å². The van der Waals surface area contributed by atoms with Crippen molar-refractivity contribution in [3.05, 3.63) is 23.3 Å². The minimum Gasteiger partial charge on any atom is -0.332 e. The Morgan fingerprint density at radius 2 is 1.95 bits per heavy atom. The van der Waals surface area contributed by atoms with E-state index in [0.29, 0.717) is 5.04 Å². The highest BCUT2D eigenvalue weighted by atomic mass is 28.3. The van der Waals surface area contributed by atoms with Crippen molar-refractivity contribution in [2.45, 2.75) is 77.6 Å². The molecule has 0 amide bonds. The Kier molecular flexibility index (Phi) is 3.64. The summed E-state index contributed by atoms with van der Waals surface area (Å²) in [6, 6.07) is 0. The molecular weight excluding hydrogens is 246 g/mol. The molecular formula is C17H31NSi. The van der Waals surface area contributed by atoms with Crippen LogP contribution in [0.3, 0.4) is 0 Å². The first kappa shape index (κ1) is 15.1. The van der Waals surface area contributed by atoms with Gasteiger partial charge in [0.1, 0.15) is 8.24 Å². The van der Waals surface area contributed by atoms with Crippen molar-refractivity contribution in [1.82, 2.24) is 4.98 Å². The Bertz CT molecular complexity index is 425. The third-order valence-corrected chi connectivity index (χ3v) is 9.73. The minimum absolute atomic E-state index is 0.210. The Morgan fingerprint density at radius 3 is 2.53 bits per heavy atom. The van der Waals surface area contributed by atoms with Crippen molar-refractivity contribution < 1.29 is 0 Å². The summed E-state index contributed by atoms with van der Waals surface area (Å²) < 4.78 is 0. The van der Waals surface area contributed by atoms with Gasteiger partial charge < -0.3 is 4.98 Å². The van der Waals surface area contributed by atoms with Crippen molar-refractivity contribution in [3.8, 4) is 0 Å². The van der Waals surface area contributed by atoms with E-state index in [9.17, 15) is 0 Å². The topological polar surface area (TPSA) is 12.0 Å². The van der Waals surface area contributed by atoms with Crippen LogP contribution in [0.25, 0.3) is 0 Å². The quantitative estimate of drug-likeness (QED) is 0.698. The van der Waals surface area contributed by atoms with E-state index in [4.69, 9.17) is 0 Å². The average Bonchev–Trinajstić information content (AvgIpc) is 2.50. The molecule has 1 nitrogen and oxygen atoms in total. The lowest BCUT2D eigenvalue weighted by Crippen LogP contribution is -2.61. The standard InChI is InChI=1S/C17H31NSi/c1-13-12-17(5,15-11-9-8-10-14(13)15)19(6,7)18-16(2,3)4/h10,12,15,18H,8-9,11H2,1-7H3. The van der Waals surface area contributed by atoms with Gasteiger partial charge in [0.2, 0.25) is 0 Å². The van der Waals surface area contributed by atoms with Crippen LogP contribution in [0.15, 0.2) is 23.3 Å². The fourth-order valence-corrected chi connectivity index (χ4v) is 8.15. The minimum atomic E-state index is -1.55. The largest absolute Gasteiger partial charge is 0.332 e. The molecule has 2 unspecified atom stereocenters. The molecule has 0 saturated carbocycles. The summed E-state index contributed by atoms with van der Waals surface area (Å²) in [4.78, 5) is 4.00. The van der Waals surface area contributed by atoms with Crippen LogP contribution < -0.4 is 4.98 Å². The van der Waals surface area contributed by atoms with Gasteiger partial charge in [-0.2, -0.15) is 0 Å². The van der Waals surface area contributed by atoms with E-state index >= 15 is 0 Å². The zero-order valence-corrected chi connectivity index (χ0v) is 14.9. The van der Waals surface area contributed by atoms with Crippen molar-refractivity contribution >= 4 is 8.24 Å². The fraction of sp³-hybridized carbons (Fsp3) is 0.765. The molecule has 2 rings (SSSR count). The second kappa shape index (κ2) is 4.59. The molecule has 2 atom stereocenters. The van der Waals surface area contributed by atoms with Gasteiger partial charge in [-0.25, -0.2) is 0 Å². The maximum absolute atomic E-state index is 4.00. The molecule has 2 heteroatoms. The molecule has 2 aliphatic carbocycles. The smallest absolute Gasteiger partial charge is 0.130 e. The molecule has 0 aliphatic heterocycles. The van der Waals surface area contributed by atoms with Crippen LogP contribution in [0.1, 0.15) is 53.9 Å². The van der Waals surface area contributed by atoms with Crippen LogP contribution in [0.4, 0.5) is 0 Å². The molecule has 0 radical (unpaired) electrons. The van der Waals surface area contributed by atoms with Gasteiger partial charge in [0.15, 0.2) is 0 Å². The first-order valence-corrected chi connectivity index (χ1v) is 10.8. The highest BCUT2D eigenvalue weighted by molar-refractivity contribution is 6.78. The lowest BCUT2D eigenvalue weighted by molar-refractivity contribution is 0.423. The predicted molar refractivity (Wildman–Crippen MR) is 87.9 cm³/mol. The van der Waals surface area contributed by atoms with Crippen LogP contribution in [-0.2, 0) is 0 Å². The van der Waals surface area contributed by atoms with Crippen molar-refractivity contribution in [3.63, 3.8) is 0 Å². The van der Waals surface area contributed by atoms with Crippen LogP contribution in [0.2, 0.25) is 18.1 Å². The predicted octanol–water partition coefficient (Wildman–Crippen LogP) is 5.03. The second-order valence-electron chi connectivity index (χ2n) is 8.25. The number of hydrogen-bond donors (Lipinski definition) is 1. The maximum atomic E-state index is 4.00. The third kappa shape index (κ3) is 2.62. The zero-order valence-electron chi connectivity index (χ0n) is 13.9. The zero-order chi connectivity index (χ0) is 14.5. The van der Waals surface area contributed by atoms with Gasteiger partial charge in [-0.05, 0) is 58.4 Å². The first-order valence-electron chi connectivity index (χ1n) is 7.76. The van der Waals surface area contributed by atoms with Gasteiger partial charge in [0, 0.05) is 10.6 Å². The summed E-state index contributed by atoms with van der Waals surface area (Å²) in [5.41, 5.74) is 3.41. The number of rotatable bonds is 2. The number of nitrogens with one attached hydrogen (secondary N) is 1. The molecule has 0 aromatic carbocycles. The first-order chi connectivity index (χ1) is 8.57. The normalized spacial score (nSPS) is 31.8. The van der Waals surface area contributed by atoms with Gasteiger partial charge in [-0.3, -0.25) is 0 Å². The third-order valence-electron chi connectivity index (χ3n) is 5.17. The Morgan fingerprint density at radius 1 is 1.32 bits per heavy atom. The van der Waals surface area contributed by atoms with Gasteiger partial charge >= 0.3 is 0 Å². The summed E-state index contributed by atoms with van der Waals surface area (Å²) in [7, 11) is -1.55. The molecule has 0 heterocycles. The van der Waals surface area contributed by atoms with Crippen LogP contribution in [0, 0.1) is 5.92 Å². The second-order valence-corrected chi connectivity index (χ2v) is 12.8. The van der Waals surface area contributed by atoms with E-state index in [1.807, 2.05) is 0 Å². The molecule has 19 heavy (non-hydrogen) atoms. The van der Waals surface area contributed by atoms with Gasteiger partial charge in [0.25, 0.3) is 0 Å². The molecule has 1 N–H and O–H groups in total. The molecule has 0 fully saturated rings. The molecule has 0 aromatic rings. The van der Waals surface area contributed by atoms with E-state index in [-0.39, 0.29) is 5.54 Å². The number of allylic oxidation sites excluding steroid dienone is 4. The van der Waals surface area contributed by atoms with Crippen molar-refractivity contribution in [2.75, 3.05) is 0 Å². The Balaban J connectivity index is 2.37. The summed E-state index contributed by atoms with van der Waals surface area (Å²) >= 11 is 0. The van der Waals surface area contributed by atoms with E-state index in [2.05, 4.69) is 64.8 Å². The SMILES string of the molecule is CC1=CC(C)([Si](C)(C)NC(C)(C)C)C2CCCC=C12. The highest BCUT2D eigenvalue weighted by Gasteiger charge is 2.52. The van der Waals surface area contributed by atoms with Crippen molar-refractivity contribution in [1.29, 1.82) is 0 Å². The Labute approximate surface area is 120 Å². The van der Waals surface area contributed by atoms with Crippen molar-refractivity contribution in [2.24, 2.45) is 5.92 Å². The monoisotopic (exact) mass is 277 g/mol. The summed E-state index contributed by atoms with van der Waals surface area (Å²) in [6.07, 6.45) is 9.12. The van der Waals surface area contributed by atoms with Gasteiger partial charge in [-0.1, -0.05) is 37.7 Å². The van der Waals surface area contributed by atoms with E-state index in [1.54, 1.807) is 11.1 Å². The lowest BCUT2D eigenvalue weighted by Gasteiger charge is -2.48. The lowest BCUT2D eigenvalue weighted by atomic mass is 9.82. The van der Waals surface area contributed by atoms with Gasteiger partial charge in [0.05, 0.1) is 0 Å². The molecule has 0 aromatic heterocycles. The number of fused-ring (bicyclic) bond motifs is 1. The van der Waals surface area contributed by atoms with Crippen LogP contribution in [-0.4, -0.2) is 13.8 Å². The molecule has 0 bridgehead atoms. The number of hydrogen-bond acceptors (Lipinski definition) is 1. The molecule has 2 aliphatic rings. The summed E-state index contributed by atoms with van der Waals surface area (Å²) in [5, 5.41) is 0.358. The van der Waals surface area contributed by atoms with Crippen LogP contribution >= 0.6 is 0 Å². The fourth-order valence-electron chi connectivity index (χ4n) is 4.26. The maximum Gasteiger partial charge on any atom is 0.130 e. The Hall–Kier alpha value is -0.343. The summed E-state index contributed by atoms with van der Waals surface area (Å²) in [5.74, 6) is 0.762. The summed E-state index contributed by atoms with van der Waals surface area (Å²) in [6.45, 7) is 16.8.